The van der Waals surface area contributed by atoms with Gasteiger partial charge in [0.05, 0.1) is 17.8 Å². The van der Waals surface area contributed by atoms with Crippen LogP contribution in [0.1, 0.15) is 17.9 Å². The highest BCUT2D eigenvalue weighted by molar-refractivity contribution is 9.10. The number of halogens is 1. The van der Waals surface area contributed by atoms with Gasteiger partial charge in [-0.05, 0) is 23.8 Å². The summed E-state index contributed by atoms with van der Waals surface area (Å²) in [6.45, 7) is 0. The van der Waals surface area contributed by atoms with E-state index in [-0.39, 0.29) is 18.2 Å². The Balaban J connectivity index is 1.70. The molecule has 25 heavy (non-hydrogen) atoms. The van der Waals surface area contributed by atoms with Crippen molar-refractivity contribution >= 4 is 49.9 Å². The second kappa shape index (κ2) is 6.29. The maximum Gasteiger partial charge on any atom is 0.232 e. The van der Waals surface area contributed by atoms with Crippen molar-refractivity contribution in [3.8, 4) is 0 Å². The third-order valence-electron chi connectivity index (χ3n) is 4.30. The maximum absolute atomic E-state index is 12.9. The van der Waals surface area contributed by atoms with Crippen molar-refractivity contribution in [3.05, 3.63) is 64.9 Å². The monoisotopic (exact) mass is 395 g/mol. The van der Waals surface area contributed by atoms with Crippen LogP contribution in [0.5, 0.6) is 0 Å². The number of rotatable bonds is 2. The number of fused-ring (bicyclic) bond motifs is 2. The van der Waals surface area contributed by atoms with Gasteiger partial charge in [0.2, 0.25) is 11.8 Å². The number of hydrogen-bond acceptors (Lipinski definition) is 3. The topological polar surface area (TPSA) is 71.1 Å². The molecule has 124 valence electrons. The van der Waals surface area contributed by atoms with E-state index in [4.69, 9.17) is 0 Å². The van der Waals surface area contributed by atoms with Crippen LogP contribution in [-0.2, 0) is 9.59 Å². The molecule has 0 spiro atoms. The first-order chi connectivity index (χ1) is 12.1. The fourth-order valence-corrected chi connectivity index (χ4v) is 3.48. The number of carbonyl (C=O) groups is 2. The molecule has 0 bridgehead atoms. The molecule has 0 saturated carbocycles. The Bertz CT molecular complexity index is 998. The summed E-state index contributed by atoms with van der Waals surface area (Å²) in [5.74, 6) is -0.918. The predicted molar refractivity (Wildman–Crippen MR) is 101 cm³/mol. The summed E-state index contributed by atoms with van der Waals surface area (Å²) in [5, 5.41) is 7.62. The molecule has 0 fully saturated rings. The Labute approximate surface area is 152 Å². The number of nitrogens with one attached hydrogen (secondary N) is 2. The third-order valence-corrected chi connectivity index (χ3v) is 4.79. The number of pyridine rings is 1. The van der Waals surface area contributed by atoms with Crippen molar-refractivity contribution < 1.29 is 9.59 Å². The zero-order valence-electron chi connectivity index (χ0n) is 13.1. The molecule has 0 radical (unpaired) electrons. The van der Waals surface area contributed by atoms with Crippen molar-refractivity contribution in [2.24, 2.45) is 0 Å². The van der Waals surface area contributed by atoms with Gasteiger partial charge in [-0.25, -0.2) is 0 Å². The zero-order valence-corrected chi connectivity index (χ0v) is 14.7. The fourth-order valence-electron chi connectivity index (χ4n) is 3.10. The summed E-state index contributed by atoms with van der Waals surface area (Å²) in [5.41, 5.74) is 2.13. The van der Waals surface area contributed by atoms with Crippen LogP contribution in [0.3, 0.4) is 0 Å². The molecule has 2 amide bonds. The maximum atomic E-state index is 12.9. The van der Waals surface area contributed by atoms with Crippen molar-refractivity contribution in [2.45, 2.75) is 12.3 Å². The second-order valence-corrected chi connectivity index (χ2v) is 6.85. The van der Waals surface area contributed by atoms with E-state index in [1.165, 1.54) is 0 Å². The highest BCUT2D eigenvalue weighted by Gasteiger charge is 2.31. The highest BCUT2D eigenvalue weighted by Crippen LogP contribution is 2.35. The molecule has 2 aromatic carbocycles. The molecule has 2 heterocycles. The van der Waals surface area contributed by atoms with Crippen LogP contribution in [0.15, 0.2) is 59.3 Å². The number of carbonyl (C=O) groups excluding carboxylic acids is 2. The number of aromatic nitrogens is 1. The SMILES string of the molecule is O=C1CC(C(=O)Nc2cncc3ccccc23)c2cc(Br)ccc2N1. The quantitative estimate of drug-likeness (QED) is 0.686. The summed E-state index contributed by atoms with van der Waals surface area (Å²) >= 11 is 3.43. The normalized spacial score (nSPS) is 16.2. The predicted octanol–water partition coefficient (Wildman–Crippen LogP) is 4.06. The summed E-state index contributed by atoms with van der Waals surface area (Å²) < 4.78 is 0.868. The van der Waals surface area contributed by atoms with Crippen molar-refractivity contribution in [1.82, 2.24) is 4.98 Å². The van der Waals surface area contributed by atoms with Crippen LogP contribution in [0, 0.1) is 0 Å². The molecular weight excluding hydrogens is 382 g/mol. The fraction of sp³-hybridized carbons (Fsp3) is 0.105. The van der Waals surface area contributed by atoms with Gasteiger partial charge in [0.1, 0.15) is 0 Å². The highest BCUT2D eigenvalue weighted by atomic mass is 79.9. The van der Waals surface area contributed by atoms with Gasteiger partial charge in [-0.15, -0.1) is 0 Å². The van der Waals surface area contributed by atoms with Crippen LogP contribution >= 0.6 is 15.9 Å². The van der Waals surface area contributed by atoms with Crippen LogP contribution in [0.4, 0.5) is 11.4 Å². The smallest absolute Gasteiger partial charge is 0.232 e. The molecule has 2 N–H and O–H groups in total. The minimum atomic E-state index is -0.541. The van der Waals surface area contributed by atoms with Gasteiger partial charge in [0.15, 0.2) is 0 Å². The number of benzene rings is 2. The average Bonchev–Trinajstić information content (AvgIpc) is 2.61. The van der Waals surface area contributed by atoms with Crippen molar-refractivity contribution in [3.63, 3.8) is 0 Å². The van der Waals surface area contributed by atoms with E-state index in [0.717, 1.165) is 20.8 Å². The molecular formula is C19H14BrN3O2. The Kier molecular flexibility index (Phi) is 3.97. The lowest BCUT2D eigenvalue weighted by molar-refractivity contribution is -0.123. The largest absolute Gasteiger partial charge is 0.326 e. The lowest BCUT2D eigenvalue weighted by Gasteiger charge is -2.25. The molecule has 1 aromatic heterocycles. The lowest BCUT2D eigenvalue weighted by atomic mass is 9.89. The molecule has 1 unspecified atom stereocenters. The number of amides is 2. The number of anilines is 2. The second-order valence-electron chi connectivity index (χ2n) is 5.93. The lowest BCUT2D eigenvalue weighted by Crippen LogP contribution is -2.30. The first kappa shape index (κ1) is 15.8. The van der Waals surface area contributed by atoms with Crippen LogP contribution in [0.25, 0.3) is 10.8 Å². The molecule has 5 nitrogen and oxygen atoms in total. The van der Waals surface area contributed by atoms with Crippen molar-refractivity contribution in [2.75, 3.05) is 10.6 Å². The van der Waals surface area contributed by atoms with Gasteiger partial charge in [-0.2, -0.15) is 0 Å². The molecule has 1 aliphatic rings. The molecule has 6 heteroatoms. The Hall–Kier alpha value is -2.73. The van der Waals surface area contributed by atoms with E-state index in [2.05, 4.69) is 31.5 Å². The van der Waals surface area contributed by atoms with E-state index in [9.17, 15) is 9.59 Å². The first-order valence-corrected chi connectivity index (χ1v) is 8.64. The molecule has 3 aromatic rings. The molecule has 0 aliphatic carbocycles. The molecule has 4 rings (SSSR count). The Morgan fingerprint density at radius 2 is 2.04 bits per heavy atom. The third kappa shape index (κ3) is 3.00. The van der Waals surface area contributed by atoms with E-state index in [0.29, 0.717) is 11.4 Å². The molecule has 1 atom stereocenters. The Morgan fingerprint density at radius 1 is 1.20 bits per heavy atom. The van der Waals surface area contributed by atoms with E-state index >= 15 is 0 Å². The molecule has 0 saturated heterocycles. The minimum Gasteiger partial charge on any atom is -0.326 e. The average molecular weight is 396 g/mol. The van der Waals surface area contributed by atoms with Gasteiger partial charge in [-0.3, -0.25) is 14.6 Å². The van der Waals surface area contributed by atoms with Gasteiger partial charge < -0.3 is 10.6 Å². The van der Waals surface area contributed by atoms with Crippen LogP contribution in [0.2, 0.25) is 0 Å². The van der Waals surface area contributed by atoms with Crippen molar-refractivity contribution in [1.29, 1.82) is 0 Å². The van der Waals surface area contributed by atoms with Gasteiger partial charge in [0, 0.05) is 33.6 Å². The standard InChI is InChI=1S/C19H14BrN3O2/c20-12-5-6-16-14(7-12)15(8-18(24)22-16)19(25)23-17-10-21-9-11-3-1-2-4-13(11)17/h1-7,9-10,15H,8H2,(H,22,24)(H,23,25). The summed E-state index contributed by atoms with van der Waals surface area (Å²) in [6, 6.07) is 13.2. The van der Waals surface area contributed by atoms with E-state index < -0.39 is 5.92 Å². The number of hydrogen-bond donors (Lipinski definition) is 2. The summed E-state index contributed by atoms with van der Waals surface area (Å²) in [7, 11) is 0. The van der Waals surface area contributed by atoms with Crippen LogP contribution in [-0.4, -0.2) is 16.8 Å². The minimum absolute atomic E-state index is 0.119. The van der Waals surface area contributed by atoms with E-state index in [1.807, 2.05) is 36.4 Å². The molecule has 1 aliphatic heterocycles. The first-order valence-electron chi connectivity index (χ1n) is 7.85. The Morgan fingerprint density at radius 3 is 2.92 bits per heavy atom. The number of nitrogens with zero attached hydrogens (tertiary/aromatic N) is 1. The van der Waals surface area contributed by atoms with Gasteiger partial charge >= 0.3 is 0 Å². The van der Waals surface area contributed by atoms with Gasteiger partial charge in [0.25, 0.3) is 0 Å². The van der Waals surface area contributed by atoms with E-state index in [1.54, 1.807) is 18.5 Å². The summed E-state index contributed by atoms with van der Waals surface area (Å²) in [6.07, 6.45) is 3.50. The zero-order chi connectivity index (χ0) is 17.4. The summed E-state index contributed by atoms with van der Waals surface area (Å²) in [4.78, 5) is 29.1. The van der Waals surface area contributed by atoms with Crippen LogP contribution < -0.4 is 10.6 Å². The van der Waals surface area contributed by atoms with Gasteiger partial charge in [-0.1, -0.05) is 40.2 Å².